The minimum Gasteiger partial charge on any atom is -0.355 e. The van der Waals surface area contributed by atoms with Gasteiger partial charge in [-0.05, 0) is 35.8 Å². The Hall–Kier alpha value is -3.41. The largest absolute Gasteiger partial charge is 0.355 e. The van der Waals surface area contributed by atoms with Gasteiger partial charge in [-0.2, -0.15) is 0 Å². The maximum Gasteiger partial charge on any atom is 0.251 e. The highest BCUT2D eigenvalue weighted by Gasteiger charge is 2.04. The van der Waals surface area contributed by atoms with Crippen LogP contribution >= 0.6 is 0 Å². The summed E-state index contributed by atoms with van der Waals surface area (Å²) in [7, 11) is 1.57. The molecule has 3 amide bonds. The van der Waals surface area contributed by atoms with Crippen molar-refractivity contribution in [3.63, 3.8) is 0 Å². The number of nitrogens with one attached hydrogen (secondary N) is 3. The van der Waals surface area contributed by atoms with Crippen LogP contribution in [0.25, 0.3) is 6.08 Å². The molecule has 0 radical (unpaired) electrons. The lowest BCUT2D eigenvalue weighted by atomic mass is 10.1. The fourth-order valence-electron chi connectivity index (χ4n) is 2.34. The van der Waals surface area contributed by atoms with Crippen molar-refractivity contribution in [1.82, 2.24) is 16.0 Å². The summed E-state index contributed by atoms with van der Waals surface area (Å²) in [5.74, 6) is -0.757. The van der Waals surface area contributed by atoms with Crippen molar-refractivity contribution < 1.29 is 14.4 Å². The van der Waals surface area contributed by atoms with E-state index in [-0.39, 0.29) is 24.3 Å². The van der Waals surface area contributed by atoms with Gasteiger partial charge in [0, 0.05) is 25.2 Å². The second-order valence-electron chi connectivity index (χ2n) is 5.84. The van der Waals surface area contributed by atoms with Gasteiger partial charge in [0.1, 0.15) is 0 Å². The number of carbonyl (C=O) groups excluding carboxylic acids is 3. The molecule has 3 N–H and O–H groups in total. The molecule has 0 heterocycles. The van der Waals surface area contributed by atoms with Crippen molar-refractivity contribution in [2.45, 2.75) is 6.42 Å². The van der Waals surface area contributed by atoms with E-state index >= 15 is 0 Å². The summed E-state index contributed by atoms with van der Waals surface area (Å²) < 4.78 is 0. The topological polar surface area (TPSA) is 87.3 Å². The minimum absolute atomic E-state index is 0.0758. The molecule has 2 aromatic carbocycles. The molecule has 0 fully saturated rings. The standard InChI is InChI=1S/C21H23N3O3/c1-22-21(27)18-10-7-17(8-11-18)9-12-19(25)24-15-20(26)23-14-13-16-5-3-2-4-6-16/h2-12H,13-15H2,1H3,(H,22,27)(H,23,26)(H,24,25)/b12-9+. The third-order valence-corrected chi connectivity index (χ3v) is 3.83. The highest BCUT2D eigenvalue weighted by Crippen LogP contribution is 2.06. The van der Waals surface area contributed by atoms with Crippen LogP contribution in [0.1, 0.15) is 21.5 Å². The zero-order valence-corrected chi connectivity index (χ0v) is 15.2. The van der Waals surface area contributed by atoms with Gasteiger partial charge in [0.25, 0.3) is 5.91 Å². The molecule has 0 unspecified atom stereocenters. The predicted octanol–water partition coefficient (Wildman–Crippen LogP) is 1.53. The molecule has 6 heteroatoms. The number of amides is 3. The predicted molar refractivity (Wildman–Crippen MR) is 105 cm³/mol. The van der Waals surface area contributed by atoms with Crippen LogP contribution in [0.4, 0.5) is 0 Å². The van der Waals surface area contributed by atoms with E-state index in [1.165, 1.54) is 6.08 Å². The van der Waals surface area contributed by atoms with Crippen LogP contribution in [0.3, 0.4) is 0 Å². The average molecular weight is 365 g/mol. The van der Waals surface area contributed by atoms with Crippen LogP contribution in [0.2, 0.25) is 0 Å². The fraction of sp³-hybridized carbons (Fsp3) is 0.190. The number of hydrogen-bond donors (Lipinski definition) is 3. The van der Waals surface area contributed by atoms with E-state index in [9.17, 15) is 14.4 Å². The molecule has 6 nitrogen and oxygen atoms in total. The Balaban J connectivity index is 1.69. The van der Waals surface area contributed by atoms with Gasteiger partial charge in [-0.15, -0.1) is 0 Å². The normalized spacial score (nSPS) is 10.4. The third-order valence-electron chi connectivity index (χ3n) is 3.83. The smallest absolute Gasteiger partial charge is 0.251 e. The first-order chi connectivity index (χ1) is 13.1. The Morgan fingerprint density at radius 2 is 1.63 bits per heavy atom. The first-order valence-corrected chi connectivity index (χ1v) is 8.67. The number of carbonyl (C=O) groups is 3. The highest BCUT2D eigenvalue weighted by atomic mass is 16.2. The summed E-state index contributed by atoms with van der Waals surface area (Å²) >= 11 is 0. The third kappa shape index (κ3) is 7.15. The molecule has 0 aliphatic carbocycles. The monoisotopic (exact) mass is 365 g/mol. The first kappa shape index (κ1) is 19.9. The van der Waals surface area contributed by atoms with E-state index in [0.717, 1.165) is 17.5 Å². The van der Waals surface area contributed by atoms with E-state index in [2.05, 4.69) is 16.0 Å². The van der Waals surface area contributed by atoms with E-state index < -0.39 is 0 Å². The number of rotatable bonds is 8. The molecule has 140 valence electrons. The fourth-order valence-corrected chi connectivity index (χ4v) is 2.34. The summed E-state index contributed by atoms with van der Waals surface area (Å²) in [6.07, 6.45) is 3.72. The lowest BCUT2D eigenvalue weighted by Crippen LogP contribution is -2.37. The molecule has 0 spiro atoms. The second-order valence-corrected chi connectivity index (χ2v) is 5.84. The Labute approximate surface area is 158 Å². The Morgan fingerprint density at radius 1 is 0.926 bits per heavy atom. The Kier molecular flexibility index (Phi) is 7.78. The molecule has 0 aliphatic rings. The van der Waals surface area contributed by atoms with Gasteiger partial charge in [0.15, 0.2) is 0 Å². The van der Waals surface area contributed by atoms with Crippen molar-refractivity contribution in [3.05, 3.63) is 77.4 Å². The quantitative estimate of drug-likeness (QED) is 0.620. The van der Waals surface area contributed by atoms with Gasteiger partial charge in [-0.25, -0.2) is 0 Å². The minimum atomic E-state index is -0.358. The highest BCUT2D eigenvalue weighted by molar-refractivity contribution is 5.95. The lowest BCUT2D eigenvalue weighted by molar-refractivity contribution is -0.123. The maximum absolute atomic E-state index is 11.8. The Morgan fingerprint density at radius 3 is 2.30 bits per heavy atom. The van der Waals surface area contributed by atoms with E-state index in [4.69, 9.17) is 0 Å². The van der Waals surface area contributed by atoms with Gasteiger partial charge in [0.05, 0.1) is 6.54 Å². The van der Waals surface area contributed by atoms with Gasteiger partial charge in [0.2, 0.25) is 11.8 Å². The molecule has 2 rings (SSSR count). The molecule has 0 aliphatic heterocycles. The van der Waals surface area contributed by atoms with Crippen molar-refractivity contribution in [2.24, 2.45) is 0 Å². The summed E-state index contributed by atoms with van der Waals surface area (Å²) in [4.78, 5) is 35.0. The molecule has 0 aromatic heterocycles. The van der Waals surface area contributed by atoms with E-state index in [0.29, 0.717) is 12.1 Å². The van der Waals surface area contributed by atoms with Crippen LogP contribution in [-0.2, 0) is 16.0 Å². The molecule has 2 aromatic rings. The van der Waals surface area contributed by atoms with Crippen molar-refractivity contribution in [3.8, 4) is 0 Å². The SMILES string of the molecule is CNC(=O)c1ccc(/C=C/C(=O)NCC(=O)NCCc2ccccc2)cc1. The maximum atomic E-state index is 11.8. The lowest BCUT2D eigenvalue weighted by Gasteiger charge is -2.06. The van der Waals surface area contributed by atoms with Crippen molar-refractivity contribution >= 4 is 23.8 Å². The summed E-state index contributed by atoms with van der Waals surface area (Å²) in [6, 6.07) is 16.7. The number of hydrogen-bond acceptors (Lipinski definition) is 3. The van der Waals surface area contributed by atoms with Crippen LogP contribution in [0.5, 0.6) is 0 Å². The average Bonchev–Trinajstić information content (AvgIpc) is 2.71. The van der Waals surface area contributed by atoms with Crippen LogP contribution in [-0.4, -0.2) is 37.9 Å². The molecule has 0 saturated carbocycles. The van der Waals surface area contributed by atoms with Gasteiger partial charge >= 0.3 is 0 Å². The summed E-state index contributed by atoms with van der Waals surface area (Å²) in [5.41, 5.74) is 2.48. The van der Waals surface area contributed by atoms with Crippen molar-refractivity contribution in [1.29, 1.82) is 0 Å². The summed E-state index contributed by atoms with van der Waals surface area (Å²) in [5, 5.41) is 7.85. The zero-order chi connectivity index (χ0) is 19.5. The van der Waals surface area contributed by atoms with Gasteiger partial charge < -0.3 is 16.0 Å². The van der Waals surface area contributed by atoms with Gasteiger partial charge in [-0.3, -0.25) is 14.4 Å². The first-order valence-electron chi connectivity index (χ1n) is 8.67. The molecule has 0 atom stereocenters. The molecule has 27 heavy (non-hydrogen) atoms. The van der Waals surface area contributed by atoms with Crippen molar-refractivity contribution in [2.75, 3.05) is 20.1 Å². The van der Waals surface area contributed by atoms with E-state index in [1.807, 2.05) is 30.3 Å². The molecular formula is C21H23N3O3. The van der Waals surface area contributed by atoms with Crippen LogP contribution in [0, 0.1) is 0 Å². The zero-order valence-electron chi connectivity index (χ0n) is 15.2. The Bertz CT molecular complexity index is 799. The molecule has 0 bridgehead atoms. The second kappa shape index (κ2) is 10.6. The molecule has 0 saturated heterocycles. The van der Waals surface area contributed by atoms with Gasteiger partial charge in [-0.1, -0.05) is 42.5 Å². The molecular weight excluding hydrogens is 342 g/mol. The van der Waals surface area contributed by atoms with Crippen LogP contribution < -0.4 is 16.0 Å². The summed E-state index contributed by atoms with van der Waals surface area (Å²) in [6.45, 7) is 0.444. The van der Waals surface area contributed by atoms with E-state index in [1.54, 1.807) is 37.4 Å². The van der Waals surface area contributed by atoms with Crippen LogP contribution in [0.15, 0.2) is 60.7 Å². The number of benzene rings is 2.